The first-order valence-corrected chi connectivity index (χ1v) is 3.71. The second kappa shape index (κ2) is 3.26. The molecule has 0 saturated heterocycles. The van der Waals surface area contributed by atoms with Crippen LogP contribution in [-0.2, 0) is 4.79 Å². The first-order chi connectivity index (χ1) is 4.33. The normalized spacial score (nSPS) is 22.3. The van der Waals surface area contributed by atoms with Gasteiger partial charge in [-0.3, -0.25) is 0 Å². The summed E-state index contributed by atoms with van der Waals surface area (Å²) in [5, 5.41) is -0.352. The molecule has 0 bridgehead atoms. The molecule has 1 fully saturated rings. The topological polar surface area (TPSA) is 17.1 Å². The van der Waals surface area contributed by atoms with Gasteiger partial charge in [-0.15, -0.1) is 11.6 Å². The van der Waals surface area contributed by atoms with Gasteiger partial charge in [0, 0.05) is 0 Å². The van der Waals surface area contributed by atoms with Gasteiger partial charge < -0.3 is 4.79 Å². The van der Waals surface area contributed by atoms with Gasteiger partial charge in [-0.2, -0.15) is 0 Å². The summed E-state index contributed by atoms with van der Waals surface area (Å²) in [4.78, 5) is 10.0. The van der Waals surface area contributed by atoms with Crippen molar-refractivity contribution in [1.29, 1.82) is 0 Å². The number of alkyl halides is 1. The Morgan fingerprint density at radius 2 is 2.33 bits per heavy atom. The van der Waals surface area contributed by atoms with Gasteiger partial charge in [0.15, 0.2) is 0 Å². The van der Waals surface area contributed by atoms with Crippen molar-refractivity contribution in [3.05, 3.63) is 0 Å². The standard InChI is InChI=1S/C6H9BClO/c8-6(4-9)7-5-2-1-3-5/h4-6H,1-3H2. The first-order valence-electron chi connectivity index (χ1n) is 3.27. The minimum atomic E-state index is -0.352. The summed E-state index contributed by atoms with van der Waals surface area (Å²) in [6, 6.07) is 0. The van der Waals surface area contributed by atoms with Crippen LogP contribution in [0.3, 0.4) is 0 Å². The SMILES string of the molecule is O=CC(Cl)[B]C1CCC1. The van der Waals surface area contributed by atoms with Crippen LogP contribution in [0.1, 0.15) is 19.3 Å². The van der Waals surface area contributed by atoms with Crippen LogP contribution < -0.4 is 0 Å². The number of carbonyl (C=O) groups excluding carboxylic acids is 1. The zero-order valence-corrected chi connectivity index (χ0v) is 5.97. The third kappa shape index (κ3) is 2.01. The van der Waals surface area contributed by atoms with E-state index in [0.29, 0.717) is 5.82 Å². The predicted molar refractivity (Wildman–Crippen MR) is 39.1 cm³/mol. The zero-order chi connectivity index (χ0) is 6.69. The minimum Gasteiger partial charge on any atom is -0.303 e. The Kier molecular flexibility index (Phi) is 2.58. The molecule has 0 amide bonds. The highest BCUT2D eigenvalue weighted by atomic mass is 35.5. The Morgan fingerprint density at radius 3 is 2.67 bits per heavy atom. The second-order valence-electron chi connectivity index (χ2n) is 2.46. The Morgan fingerprint density at radius 1 is 1.67 bits per heavy atom. The lowest BCUT2D eigenvalue weighted by Crippen LogP contribution is -2.21. The minimum absolute atomic E-state index is 0.352. The van der Waals surface area contributed by atoms with Gasteiger partial charge in [0.05, 0.1) is 5.28 Å². The van der Waals surface area contributed by atoms with Crippen molar-refractivity contribution in [2.75, 3.05) is 0 Å². The molecule has 1 radical (unpaired) electrons. The van der Waals surface area contributed by atoms with E-state index in [1.54, 1.807) is 0 Å². The highest BCUT2D eigenvalue weighted by molar-refractivity contribution is 6.60. The lowest BCUT2D eigenvalue weighted by molar-refractivity contribution is -0.106. The molecule has 0 aliphatic heterocycles. The third-order valence-corrected chi connectivity index (χ3v) is 1.98. The number of rotatable bonds is 3. The molecule has 1 saturated carbocycles. The van der Waals surface area contributed by atoms with Gasteiger partial charge in [-0.1, -0.05) is 25.1 Å². The fourth-order valence-electron chi connectivity index (χ4n) is 0.938. The average molecular weight is 143 g/mol. The molecular formula is C6H9BClO. The fraction of sp³-hybridized carbons (Fsp3) is 0.833. The summed E-state index contributed by atoms with van der Waals surface area (Å²) < 4.78 is 0. The van der Waals surface area contributed by atoms with Crippen molar-refractivity contribution in [2.45, 2.75) is 30.4 Å². The molecule has 0 aromatic rings. The molecule has 0 N–H and O–H groups in total. The molecule has 9 heavy (non-hydrogen) atoms. The van der Waals surface area contributed by atoms with Gasteiger partial charge in [-0.25, -0.2) is 0 Å². The van der Waals surface area contributed by atoms with Crippen molar-refractivity contribution in [1.82, 2.24) is 0 Å². The molecule has 1 rings (SSSR count). The number of halogens is 1. The molecule has 1 nitrogen and oxygen atoms in total. The van der Waals surface area contributed by atoms with E-state index in [9.17, 15) is 4.79 Å². The van der Waals surface area contributed by atoms with Crippen molar-refractivity contribution in [3.63, 3.8) is 0 Å². The Labute approximate surface area is 61.0 Å². The number of aldehydes is 1. The van der Waals surface area contributed by atoms with E-state index in [-0.39, 0.29) is 5.28 Å². The predicted octanol–water partition coefficient (Wildman–Crippen LogP) is 1.43. The van der Waals surface area contributed by atoms with Gasteiger partial charge in [0.1, 0.15) is 13.6 Å². The summed E-state index contributed by atoms with van der Waals surface area (Å²) in [7, 11) is 1.93. The van der Waals surface area contributed by atoms with Crippen molar-refractivity contribution < 1.29 is 4.79 Å². The highest BCUT2D eigenvalue weighted by Gasteiger charge is 2.21. The molecule has 3 heteroatoms. The molecule has 1 aliphatic carbocycles. The molecule has 0 aromatic heterocycles. The van der Waals surface area contributed by atoms with E-state index >= 15 is 0 Å². The lowest BCUT2D eigenvalue weighted by atomic mass is 9.54. The highest BCUT2D eigenvalue weighted by Crippen LogP contribution is 2.32. The van der Waals surface area contributed by atoms with E-state index in [2.05, 4.69) is 0 Å². The smallest absolute Gasteiger partial charge is 0.147 e. The van der Waals surface area contributed by atoms with Crippen LogP contribution >= 0.6 is 11.6 Å². The molecular weight excluding hydrogens is 134 g/mol. The van der Waals surface area contributed by atoms with Crippen LogP contribution in [0.2, 0.25) is 5.82 Å². The largest absolute Gasteiger partial charge is 0.303 e. The van der Waals surface area contributed by atoms with Crippen molar-refractivity contribution in [2.24, 2.45) is 0 Å². The van der Waals surface area contributed by atoms with Crippen LogP contribution in [0.15, 0.2) is 0 Å². The number of hydrogen-bond acceptors (Lipinski definition) is 1. The van der Waals surface area contributed by atoms with Crippen LogP contribution in [0.5, 0.6) is 0 Å². The maximum atomic E-state index is 10.0. The Hall–Kier alpha value is 0.0249. The quantitative estimate of drug-likeness (QED) is 0.332. The summed E-state index contributed by atoms with van der Waals surface area (Å²) >= 11 is 5.55. The maximum Gasteiger partial charge on any atom is 0.147 e. The molecule has 0 aromatic carbocycles. The Balaban J connectivity index is 2.08. The fourth-order valence-corrected chi connectivity index (χ4v) is 1.14. The summed E-state index contributed by atoms with van der Waals surface area (Å²) in [5.41, 5.74) is 0. The van der Waals surface area contributed by atoms with Crippen LogP contribution in [0.25, 0.3) is 0 Å². The van der Waals surface area contributed by atoms with E-state index in [1.807, 2.05) is 7.28 Å². The average Bonchev–Trinajstić information content (AvgIpc) is 1.78. The maximum absolute atomic E-state index is 10.0. The van der Waals surface area contributed by atoms with Gasteiger partial charge >= 0.3 is 0 Å². The van der Waals surface area contributed by atoms with E-state index in [1.165, 1.54) is 19.3 Å². The van der Waals surface area contributed by atoms with Crippen molar-refractivity contribution in [3.8, 4) is 0 Å². The summed E-state index contributed by atoms with van der Waals surface area (Å²) in [6.07, 6.45) is 4.51. The van der Waals surface area contributed by atoms with Gasteiger partial charge in [-0.05, 0) is 0 Å². The van der Waals surface area contributed by atoms with E-state index in [0.717, 1.165) is 6.29 Å². The second-order valence-corrected chi connectivity index (χ2v) is 2.97. The monoisotopic (exact) mass is 143 g/mol. The van der Waals surface area contributed by atoms with E-state index < -0.39 is 0 Å². The first kappa shape index (κ1) is 7.14. The number of hydrogen-bond donors (Lipinski definition) is 0. The summed E-state index contributed by atoms with van der Waals surface area (Å²) in [6.45, 7) is 0. The van der Waals surface area contributed by atoms with Crippen LogP contribution in [0, 0.1) is 0 Å². The molecule has 1 aliphatic rings. The zero-order valence-electron chi connectivity index (χ0n) is 5.22. The van der Waals surface area contributed by atoms with Gasteiger partial charge in [0.2, 0.25) is 0 Å². The lowest BCUT2D eigenvalue weighted by Gasteiger charge is -2.24. The summed E-state index contributed by atoms with van der Waals surface area (Å²) in [5.74, 6) is 0.623. The van der Waals surface area contributed by atoms with Crippen LogP contribution in [-0.4, -0.2) is 18.8 Å². The van der Waals surface area contributed by atoms with Crippen LogP contribution in [0.4, 0.5) is 0 Å². The molecule has 49 valence electrons. The molecule has 1 unspecified atom stereocenters. The molecule has 1 atom stereocenters. The molecule has 0 heterocycles. The Bertz CT molecular complexity index is 103. The van der Waals surface area contributed by atoms with E-state index in [4.69, 9.17) is 11.6 Å². The third-order valence-electron chi connectivity index (χ3n) is 1.74. The van der Waals surface area contributed by atoms with Gasteiger partial charge in [0.25, 0.3) is 0 Å². The van der Waals surface area contributed by atoms with Crippen molar-refractivity contribution >= 4 is 25.2 Å². The number of carbonyl (C=O) groups is 1. The molecule has 0 spiro atoms.